The molecule has 1 atom stereocenters. The summed E-state index contributed by atoms with van der Waals surface area (Å²) >= 11 is 0. The highest BCUT2D eigenvalue weighted by Gasteiger charge is 2.41. The first-order chi connectivity index (χ1) is 15.4. The molecule has 0 fully saturated rings. The van der Waals surface area contributed by atoms with Crippen molar-refractivity contribution in [2.75, 3.05) is 6.54 Å². The molecule has 1 aliphatic heterocycles. The standard InChI is InChI=1S/C24H19N3O5/c1-15-10-12-17(13-11-15)22(16-6-3-2-4-7-16)25-20(28)14-26-23(29)18-8-5-9-19(27(31)32)21(18)24(26)30/h2-13,22H,14H2,1H3,(H,25,28). The molecule has 0 spiro atoms. The largest absolute Gasteiger partial charge is 0.344 e. The topological polar surface area (TPSA) is 110 Å². The van der Waals surface area contributed by atoms with Gasteiger partial charge >= 0.3 is 0 Å². The smallest absolute Gasteiger partial charge is 0.282 e. The van der Waals surface area contributed by atoms with Crippen LogP contribution < -0.4 is 5.32 Å². The number of carbonyl (C=O) groups excluding carboxylic acids is 3. The van der Waals surface area contributed by atoms with E-state index < -0.39 is 40.9 Å². The summed E-state index contributed by atoms with van der Waals surface area (Å²) < 4.78 is 0. The summed E-state index contributed by atoms with van der Waals surface area (Å²) in [5.74, 6) is -2.13. The number of nitrogens with zero attached hydrogens (tertiary/aromatic N) is 2. The van der Waals surface area contributed by atoms with Gasteiger partial charge in [0, 0.05) is 6.07 Å². The van der Waals surface area contributed by atoms with E-state index in [0.29, 0.717) is 0 Å². The van der Waals surface area contributed by atoms with E-state index in [0.717, 1.165) is 27.7 Å². The number of benzene rings is 3. The fourth-order valence-corrected chi connectivity index (χ4v) is 3.73. The fraction of sp³-hybridized carbons (Fsp3) is 0.125. The molecular formula is C24H19N3O5. The van der Waals surface area contributed by atoms with Crippen molar-refractivity contribution in [2.45, 2.75) is 13.0 Å². The fourth-order valence-electron chi connectivity index (χ4n) is 3.73. The number of nitrogens with one attached hydrogen (secondary N) is 1. The highest BCUT2D eigenvalue weighted by Crippen LogP contribution is 2.30. The van der Waals surface area contributed by atoms with Crippen LogP contribution in [0.5, 0.6) is 0 Å². The Kier molecular flexibility index (Phi) is 5.51. The third-order valence-electron chi connectivity index (χ3n) is 5.32. The van der Waals surface area contributed by atoms with Gasteiger partial charge in [-0.05, 0) is 24.1 Å². The summed E-state index contributed by atoms with van der Waals surface area (Å²) in [6, 6.07) is 20.3. The minimum Gasteiger partial charge on any atom is -0.344 e. The number of nitro groups is 1. The van der Waals surface area contributed by atoms with E-state index in [2.05, 4.69) is 5.32 Å². The number of carbonyl (C=O) groups is 3. The zero-order valence-corrected chi connectivity index (χ0v) is 17.1. The van der Waals surface area contributed by atoms with Crippen molar-refractivity contribution < 1.29 is 19.3 Å². The monoisotopic (exact) mass is 429 g/mol. The van der Waals surface area contributed by atoms with Crippen molar-refractivity contribution in [3.05, 3.63) is 111 Å². The van der Waals surface area contributed by atoms with Crippen molar-refractivity contribution in [3.63, 3.8) is 0 Å². The summed E-state index contributed by atoms with van der Waals surface area (Å²) in [6.45, 7) is 1.42. The average molecular weight is 429 g/mol. The van der Waals surface area contributed by atoms with E-state index in [1.807, 2.05) is 61.5 Å². The van der Waals surface area contributed by atoms with Crippen LogP contribution in [-0.2, 0) is 4.79 Å². The quantitative estimate of drug-likeness (QED) is 0.367. The lowest BCUT2D eigenvalue weighted by molar-refractivity contribution is -0.385. The number of imide groups is 1. The van der Waals surface area contributed by atoms with Crippen molar-refractivity contribution in [1.82, 2.24) is 10.2 Å². The molecule has 1 aliphatic rings. The Hall–Kier alpha value is -4.33. The molecule has 8 nitrogen and oxygen atoms in total. The summed E-state index contributed by atoms with van der Waals surface area (Å²) in [5, 5.41) is 14.2. The van der Waals surface area contributed by atoms with Gasteiger partial charge in [-0.25, -0.2) is 0 Å². The van der Waals surface area contributed by atoms with Crippen molar-refractivity contribution >= 4 is 23.4 Å². The summed E-state index contributed by atoms with van der Waals surface area (Å²) in [4.78, 5) is 49.6. The number of nitro benzene ring substituents is 1. The molecule has 0 saturated heterocycles. The Morgan fingerprint density at radius 1 is 0.938 bits per heavy atom. The van der Waals surface area contributed by atoms with Gasteiger partial charge < -0.3 is 5.32 Å². The number of aryl methyl sites for hydroxylation is 1. The molecule has 3 aromatic carbocycles. The molecule has 3 amide bonds. The first-order valence-corrected chi connectivity index (χ1v) is 9.91. The van der Waals surface area contributed by atoms with Crippen LogP contribution in [0.15, 0.2) is 72.8 Å². The molecule has 1 heterocycles. The van der Waals surface area contributed by atoms with E-state index in [4.69, 9.17) is 0 Å². The van der Waals surface area contributed by atoms with E-state index in [9.17, 15) is 24.5 Å². The summed E-state index contributed by atoms with van der Waals surface area (Å²) in [6.07, 6.45) is 0. The number of amides is 3. The van der Waals surface area contributed by atoms with Crippen LogP contribution in [0.2, 0.25) is 0 Å². The van der Waals surface area contributed by atoms with Gasteiger partial charge in [-0.15, -0.1) is 0 Å². The van der Waals surface area contributed by atoms with Gasteiger partial charge in [-0.3, -0.25) is 29.4 Å². The molecule has 32 heavy (non-hydrogen) atoms. The van der Waals surface area contributed by atoms with Crippen molar-refractivity contribution in [2.24, 2.45) is 0 Å². The molecule has 4 rings (SSSR count). The Balaban J connectivity index is 1.58. The van der Waals surface area contributed by atoms with Crippen LogP contribution in [-0.4, -0.2) is 34.1 Å². The molecule has 0 radical (unpaired) electrons. The molecule has 160 valence electrons. The predicted molar refractivity (Wildman–Crippen MR) is 116 cm³/mol. The van der Waals surface area contributed by atoms with Crippen LogP contribution in [0, 0.1) is 17.0 Å². The zero-order chi connectivity index (χ0) is 22.8. The van der Waals surface area contributed by atoms with E-state index in [1.165, 1.54) is 12.1 Å². The maximum atomic E-state index is 12.9. The summed E-state index contributed by atoms with van der Waals surface area (Å²) in [5.41, 5.74) is 1.93. The van der Waals surface area contributed by atoms with E-state index in [-0.39, 0.29) is 11.1 Å². The first kappa shape index (κ1) is 20.9. The highest BCUT2D eigenvalue weighted by molar-refractivity contribution is 6.24. The van der Waals surface area contributed by atoms with Gasteiger partial charge in [0.1, 0.15) is 12.1 Å². The Bertz CT molecular complexity index is 1220. The summed E-state index contributed by atoms with van der Waals surface area (Å²) in [7, 11) is 0. The van der Waals surface area contributed by atoms with E-state index in [1.54, 1.807) is 0 Å². The second-order valence-electron chi connectivity index (χ2n) is 7.48. The Labute approximate surface area is 183 Å². The Morgan fingerprint density at radius 2 is 1.59 bits per heavy atom. The molecule has 0 bridgehead atoms. The lowest BCUT2D eigenvalue weighted by atomic mass is 9.98. The molecule has 1 N–H and O–H groups in total. The number of hydrogen-bond donors (Lipinski definition) is 1. The van der Waals surface area contributed by atoms with Gasteiger partial charge in [0.05, 0.1) is 16.5 Å². The molecule has 3 aromatic rings. The number of rotatable bonds is 6. The van der Waals surface area contributed by atoms with Crippen LogP contribution in [0.25, 0.3) is 0 Å². The minimum atomic E-state index is -0.848. The van der Waals surface area contributed by atoms with Gasteiger partial charge in [0.25, 0.3) is 17.5 Å². The number of hydrogen-bond acceptors (Lipinski definition) is 5. The first-order valence-electron chi connectivity index (χ1n) is 9.91. The normalized spacial score (nSPS) is 13.6. The SMILES string of the molecule is Cc1ccc(C(NC(=O)CN2C(=O)c3cccc([N+](=O)[O-])c3C2=O)c2ccccc2)cc1. The molecule has 1 unspecified atom stereocenters. The van der Waals surface area contributed by atoms with Crippen LogP contribution in [0.1, 0.15) is 43.4 Å². The van der Waals surface area contributed by atoms with Gasteiger partial charge in [-0.2, -0.15) is 0 Å². The Morgan fingerprint density at radius 3 is 2.25 bits per heavy atom. The third kappa shape index (κ3) is 3.85. The molecule has 0 saturated carbocycles. The average Bonchev–Trinajstić information content (AvgIpc) is 3.03. The predicted octanol–water partition coefficient (Wildman–Crippen LogP) is 3.41. The highest BCUT2D eigenvalue weighted by atomic mass is 16.6. The second kappa shape index (κ2) is 8.43. The zero-order valence-electron chi connectivity index (χ0n) is 17.1. The van der Waals surface area contributed by atoms with Gasteiger partial charge in [0.2, 0.25) is 5.91 Å². The minimum absolute atomic E-state index is 0.0739. The van der Waals surface area contributed by atoms with Crippen molar-refractivity contribution in [1.29, 1.82) is 0 Å². The molecule has 0 aromatic heterocycles. The molecular weight excluding hydrogens is 410 g/mol. The van der Waals surface area contributed by atoms with Gasteiger partial charge in [0.15, 0.2) is 0 Å². The van der Waals surface area contributed by atoms with Crippen LogP contribution in [0.3, 0.4) is 0 Å². The lowest BCUT2D eigenvalue weighted by Crippen LogP contribution is -2.41. The maximum Gasteiger partial charge on any atom is 0.282 e. The van der Waals surface area contributed by atoms with Gasteiger partial charge in [-0.1, -0.05) is 66.2 Å². The lowest BCUT2D eigenvalue weighted by Gasteiger charge is -2.22. The third-order valence-corrected chi connectivity index (χ3v) is 5.32. The van der Waals surface area contributed by atoms with E-state index >= 15 is 0 Å². The maximum absolute atomic E-state index is 12.9. The molecule has 0 aliphatic carbocycles. The second-order valence-corrected chi connectivity index (χ2v) is 7.48. The van der Waals surface area contributed by atoms with Crippen molar-refractivity contribution in [3.8, 4) is 0 Å². The van der Waals surface area contributed by atoms with Crippen LogP contribution >= 0.6 is 0 Å². The number of fused-ring (bicyclic) bond motifs is 1. The van der Waals surface area contributed by atoms with Crippen LogP contribution in [0.4, 0.5) is 5.69 Å². The molecule has 8 heteroatoms.